The molecule has 0 N–H and O–H groups in total. The van der Waals surface area contributed by atoms with Gasteiger partial charge in [0.15, 0.2) is 4.96 Å². The van der Waals surface area contributed by atoms with Gasteiger partial charge in [0.1, 0.15) is 18.2 Å². The second kappa shape index (κ2) is 6.76. The van der Waals surface area contributed by atoms with Crippen molar-refractivity contribution in [1.29, 1.82) is 0 Å². The van der Waals surface area contributed by atoms with E-state index >= 15 is 0 Å². The van der Waals surface area contributed by atoms with Crippen molar-refractivity contribution in [2.45, 2.75) is 13.0 Å². The van der Waals surface area contributed by atoms with E-state index in [1.807, 2.05) is 31.2 Å². The molecule has 0 aliphatic heterocycles. The molecule has 0 saturated carbocycles. The molecule has 0 saturated heterocycles. The number of rotatable bonds is 4. The van der Waals surface area contributed by atoms with Crippen LogP contribution in [0, 0.1) is 0 Å². The van der Waals surface area contributed by atoms with Gasteiger partial charge >= 0.3 is 0 Å². The molecule has 3 aromatic heterocycles. The van der Waals surface area contributed by atoms with Crippen LogP contribution in [0.25, 0.3) is 10.6 Å². The lowest BCUT2D eigenvalue weighted by molar-refractivity contribution is 0.0740. The van der Waals surface area contributed by atoms with Gasteiger partial charge < -0.3 is 4.90 Å². The Balaban J connectivity index is 1.59. The second-order valence-corrected chi connectivity index (χ2v) is 6.93. The van der Waals surface area contributed by atoms with E-state index in [1.165, 1.54) is 28.3 Å². The third kappa shape index (κ3) is 3.02. The Hall–Kier alpha value is -3.33. The number of thiazole rings is 1. The van der Waals surface area contributed by atoms with E-state index in [4.69, 9.17) is 0 Å². The molecular formula is C18H16N6O2S. The molecule has 136 valence electrons. The first-order valence-corrected chi connectivity index (χ1v) is 9.11. The Bertz CT molecular complexity index is 1150. The largest absolute Gasteiger partial charge is 0.335 e. The zero-order valence-corrected chi connectivity index (χ0v) is 15.5. The summed E-state index contributed by atoms with van der Waals surface area (Å²) in [6.45, 7) is 1.91. The second-order valence-electron chi connectivity index (χ2n) is 6.06. The van der Waals surface area contributed by atoms with Gasteiger partial charge in [0.2, 0.25) is 0 Å². The SMILES string of the molecule is C[C@H](c1ccc(-n2cncn2)cc1)N(C)C(=O)c1cnc2sccn2c1=O. The van der Waals surface area contributed by atoms with Crippen molar-refractivity contribution in [3.63, 3.8) is 0 Å². The lowest BCUT2D eigenvalue weighted by Gasteiger charge is -2.25. The Morgan fingerprint density at radius 1 is 1.26 bits per heavy atom. The first-order chi connectivity index (χ1) is 13.1. The van der Waals surface area contributed by atoms with Gasteiger partial charge in [-0.2, -0.15) is 5.10 Å². The number of amides is 1. The van der Waals surface area contributed by atoms with Crippen molar-refractivity contribution in [2.24, 2.45) is 0 Å². The van der Waals surface area contributed by atoms with Crippen LogP contribution >= 0.6 is 11.3 Å². The number of fused-ring (bicyclic) bond motifs is 1. The molecule has 4 rings (SSSR count). The number of nitrogens with zero attached hydrogens (tertiary/aromatic N) is 6. The lowest BCUT2D eigenvalue weighted by atomic mass is 10.1. The van der Waals surface area contributed by atoms with Crippen LogP contribution in [0.15, 0.2) is 59.5 Å². The molecule has 27 heavy (non-hydrogen) atoms. The van der Waals surface area contributed by atoms with Crippen molar-refractivity contribution in [3.8, 4) is 5.69 Å². The summed E-state index contributed by atoms with van der Waals surface area (Å²) < 4.78 is 3.05. The molecule has 0 fully saturated rings. The van der Waals surface area contributed by atoms with Gasteiger partial charge in [-0.25, -0.2) is 14.6 Å². The van der Waals surface area contributed by atoms with Crippen LogP contribution in [-0.2, 0) is 0 Å². The smallest absolute Gasteiger partial charge is 0.271 e. The van der Waals surface area contributed by atoms with Crippen LogP contribution in [0.2, 0.25) is 0 Å². The molecule has 0 radical (unpaired) electrons. The Morgan fingerprint density at radius 2 is 2.04 bits per heavy atom. The van der Waals surface area contributed by atoms with Crippen LogP contribution in [0.4, 0.5) is 0 Å². The van der Waals surface area contributed by atoms with E-state index in [-0.39, 0.29) is 23.1 Å². The minimum Gasteiger partial charge on any atom is -0.335 e. The van der Waals surface area contributed by atoms with E-state index in [9.17, 15) is 9.59 Å². The highest BCUT2D eigenvalue weighted by Crippen LogP contribution is 2.21. The molecule has 0 aliphatic rings. The molecule has 9 heteroatoms. The number of hydrogen-bond donors (Lipinski definition) is 0. The summed E-state index contributed by atoms with van der Waals surface area (Å²) in [5.74, 6) is -0.360. The highest BCUT2D eigenvalue weighted by molar-refractivity contribution is 7.15. The maximum Gasteiger partial charge on any atom is 0.271 e. The number of carbonyl (C=O) groups excluding carboxylic acids is 1. The van der Waals surface area contributed by atoms with Crippen molar-refractivity contribution in [2.75, 3.05) is 7.05 Å². The summed E-state index contributed by atoms with van der Waals surface area (Å²) in [5, 5.41) is 5.86. The fraction of sp³-hybridized carbons (Fsp3) is 0.167. The normalized spacial score (nSPS) is 12.2. The zero-order valence-electron chi connectivity index (χ0n) is 14.7. The van der Waals surface area contributed by atoms with Crippen LogP contribution in [0.1, 0.15) is 28.9 Å². The molecular weight excluding hydrogens is 364 g/mol. The first kappa shape index (κ1) is 17.1. The summed E-state index contributed by atoms with van der Waals surface area (Å²) in [4.78, 5) is 35.6. The zero-order chi connectivity index (χ0) is 19.0. The van der Waals surface area contributed by atoms with Gasteiger partial charge in [-0.1, -0.05) is 12.1 Å². The predicted molar refractivity (Wildman–Crippen MR) is 101 cm³/mol. The number of carbonyl (C=O) groups is 1. The predicted octanol–water partition coefficient (Wildman–Crippen LogP) is 2.17. The highest BCUT2D eigenvalue weighted by Gasteiger charge is 2.22. The lowest BCUT2D eigenvalue weighted by Crippen LogP contribution is -2.34. The molecule has 1 amide bonds. The summed E-state index contributed by atoms with van der Waals surface area (Å²) in [5.41, 5.74) is 1.52. The van der Waals surface area contributed by atoms with Crippen molar-refractivity contribution in [1.82, 2.24) is 29.0 Å². The Morgan fingerprint density at radius 3 is 2.74 bits per heavy atom. The molecule has 0 spiro atoms. The first-order valence-electron chi connectivity index (χ1n) is 8.23. The monoisotopic (exact) mass is 380 g/mol. The quantitative estimate of drug-likeness (QED) is 0.542. The maximum absolute atomic E-state index is 12.9. The average Bonchev–Trinajstić information content (AvgIpc) is 3.39. The molecule has 4 aromatic rings. The van der Waals surface area contributed by atoms with Crippen molar-refractivity contribution >= 4 is 22.2 Å². The minimum atomic E-state index is -0.360. The maximum atomic E-state index is 12.9. The van der Waals surface area contributed by atoms with Gasteiger partial charge in [-0.05, 0) is 24.6 Å². The molecule has 0 aliphatic carbocycles. The highest BCUT2D eigenvalue weighted by atomic mass is 32.1. The topological polar surface area (TPSA) is 85.4 Å². The number of aromatic nitrogens is 5. The van der Waals surface area contributed by atoms with Crippen molar-refractivity contribution < 1.29 is 4.79 Å². The summed E-state index contributed by atoms with van der Waals surface area (Å²) in [6, 6.07) is 7.46. The van der Waals surface area contributed by atoms with Crippen molar-refractivity contribution in [3.05, 3.63) is 76.2 Å². The standard InChI is InChI=1S/C18H16N6O2S/c1-12(13-3-5-14(6-4-13)24-11-19-10-21-24)22(2)16(25)15-9-20-18-23(17(15)26)7-8-27-18/h3-12H,1-2H3/t12-/m1/s1. The molecule has 3 heterocycles. The van der Waals surface area contributed by atoms with Crippen LogP contribution in [0.5, 0.6) is 0 Å². The Kier molecular flexibility index (Phi) is 4.28. The summed E-state index contributed by atoms with van der Waals surface area (Å²) >= 11 is 1.35. The average molecular weight is 380 g/mol. The third-order valence-electron chi connectivity index (χ3n) is 4.53. The van der Waals surface area contributed by atoms with Crippen LogP contribution in [0.3, 0.4) is 0 Å². The fourth-order valence-corrected chi connectivity index (χ4v) is 3.48. The molecule has 0 unspecified atom stereocenters. The van der Waals surface area contributed by atoms with Gasteiger partial charge in [0.25, 0.3) is 11.5 Å². The van der Waals surface area contributed by atoms with E-state index in [1.54, 1.807) is 34.5 Å². The number of hydrogen-bond acceptors (Lipinski definition) is 6. The summed E-state index contributed by atoms with van der Waals surface area (Å²) in [7, 11) is 1.68. The van der Waals surface area contributed by atoms with Gasteiger partial charge in [-0.3, -0.25) is 14.0 Å². The van der Waals surface area contributed by atoms with Crippen LogP contribution in [-0.4, -0.2) is 42.0 Å². The minimum absolute atomic E-state index is 0.0551. The van der Waals surface area contributed by atoms with Crippen LogP contribution < -0.4 is 5.56 Å². The molecule has 0 bridgehead atoms. The van der Waals surface area contributed by atoms with E-state index in [0.717, 1.165) is 11.3 Å². The van der Waals surface area contributed by atoms with Gasteiger partial charge in [-0.15, -0.1) is 11.3 Å². The van der Waals surface area contributed by atoms with Gasteiger partial charge in [0.05, 0.1) is 11.7 Å². The molecule has 1 atom stereocenters. The Labute approximate surface area is 158 Å². The number of benzene rings is 1. The van der Waals surface area contributed by atoms with E-state index in [0.29, 0.717) is 4.96 Å². The molecule has 1 aromatic carbocycles. The fourth-order valence-electron chi connectivity index (χ4n) is 2.81. The third-order valence-corrected chi connectivity index (χ3v) is 5.30. The van der Waals surface area contributed by atoms with E-state index < -0.39 is 0 Å². The molecule has 8 nitrogen and oxygen atoms in total. The van der Waals surface area contributed by atoms with Gasteiger partial charge in [0, 0.05) is 24.8 Å². The van der Waals surface area contributed by atoms with E-state index in [2.05, 4.69) is 15.1 Å². The summed E-state index contributed by atoms with van der Waals surface area (Å²) in [6.07, 6.45) is 6.07.